The number of ether oxygens (including phenoxy) is 2. The molecule has 3 heterocycles. The fourth-order valence-corrected chi connectivity index (χ4v) is 4.46. The summed E-state index contributed by atoms with van der Waals surface area (Å²) in [5.74, 6) is 1.31. The Kier molecular flexibility index (Phi) is 5.57. The minimum absolute atomic E-state index is 0.0924. The van der Waals surface area contributed by atoms with Crippen LogP contribution < -0.4 is 19.9 Å². The van der Waals surface area contributed by atoms with Crippen LogP contribution in [0.4, 0.5) is 5.69 Å². The number of carbonyl (C=O) groups is 1. The van der Waals surface area contributed by atoms with Crippen molar-refractivity contribution in [2.45, 2.75) is 12.8 Å². The molecule has 7 nitrogen and oxygen atoms in total. The zero-order valence-corrected chi connectivity index (χ0v) is 18.1. The Morgan fingerprint density at radius 2 is 1.72 bits per heavy atom. The molecule has 0 amide bonds. The minimum atomic E-state index is -0.357. The van der Waals surface area contributed by atoms with E-state index in [1.54, 1.807) is 36.5 Å². The van der Waals surface area contributed by atoms with Gasteiger partial charge in [-0.1, -0.05) is 29.8 Å². The molecule has 2 aliphatic rings. The number of piperidine rings is 1. The first kappa shape index (κ1) is 20.6. The lowest BCUT2D eigenvalue weighted by Gasteiger charge is -2.33. The Morgan fingerprint density at radius 3 is 2.47 bits per heavy atom. The van der Waals surface area contributed by atoms with Crippen molar-refractivity contribution in [3.05, 3.63) is 75.7 Å². The molecule has 0 spiro atoms. The maximum Gasteiger partial charge on any atom is 0.292 e. The Balaban J connectivity index is 1.29. The van der Waals surface area contributed by atoms with E-state index in [1.807, 2.05) is 23.1 Å². The lowest BCUT2D eigenvalue weighted by atomic mass is 9.88. The van der Waals surface area contributed by atoms with Gasteiger partial charge >= 0.3 is 0 Å². The molecule has 1 saturated heterocycles. The van der Waals surface area contributed by atoms with Gasteiger partial charge in [0.05, 0.1) is 17.6 Å². The molecule has 2 aliphatic heterocycles. The number of halogens is 1. The summed E-state index contributed by atoms with van der Waals surface area (Å²) in [7, 11) is 0. The highest BCUT2D eigenvalue weighted by molar-refractivity contribution is 6.33. The second-order valence-electron chi connectivity index (χ2n) is 7.88. The van der Waals surface area contributed by atoms with E-state index in [4.69, 9.17) is 21.1 Å². The number of Topliss-reactive ketones (excluding diaryl/α,β-unsaturated/α-hetero) is 1. The van der Waals surface area contributed by atoms with E-state index in [2.05, 4.69) is 5.10 Å². The molecule has 164 valence electrons. The standard InChI is InChI=1S/C24H22ClN3O4/c25-22-19(15-26-28(24(22)30)18-4-2-1-3-5-18)27-10-8-16(9-11-27)23(29)17-6-7-20-21(14-17)32-13-12-31-20/h1-7,14-16H,8-13H2. The number of carbonyl (C=O) groups excluding carboxylic acids is 1. The monoisotopic (exact) mass is 451 g/mol. The summed E-state index contributed by atoms with van der Waals surface area (Å²) in [6.07, 6.45) is 2.97. The van der Waals surface area contributed by atoms with Crippen LogP contribution in [0.2, 0.25) is 5.02 Å². The molecule has 0 N–H and O–H groups in total. The van der Waals surface area contributed by atoms with Crippen LogP contribution >= 0.6 is 11.6 Å². The Labute approximate surface area is 190 Å². The summed E-state index contributed by atoms with van der Waals surface area (Å²) in [5.41, 5.74) is 1.55. The van der Waals surface area contributed by atoms with Gasteiger partial charge in [-0.2, -0.15) is 9.78 Å². The summed E-state index contributed by atoms with van der Waals surface area (Å²) in [5, 5.41) is 4.45. The zero-order valence-electron chi connectivity index (χ0n) is 17.4. The number of hydrogen-bond donors (Lipinski definition) is 0. The third kappa shape index (κ3) is 3.84. The van der Waals surface area contributed by atoms with E-state index in [0.29, 0.717) is 67.6 Å². The quantitative estimate of drug-likeness (QED) is 0.562. The van der Waals surface area contributed by atoms with Crippen LogP contribution in [0.3, 0.4) is 0 Å². The fourth-order valence-electron chi connectivity index (χ4n) is 4.21. The molecule has 8 heteroatoms. The number of rotatable bonds is 4. The predicted molar refractivity (Wildman–Crippen MR) is 122 cm³/mol. The molecule has 32 heavy (non-hydrogen) atoms. The normalized spacial score (nSPS) is 16.1. The smallest absolute Gasteiger partial charge is 0.292 e. The Morgan fingerprint density at radius 1 is 1.00 bits per heavy atom. The van der Waals surface area contributed by atoms with Gasteiger partial charge in [-0.3, -0.25) is 9.59 Å². The van der Waals surface area contributed by atoms with Gasteiger partial charge in [0.2, 0.25) is 0 Å². The van der Waals surface area contributed by atoms with E-state index in [-0.39, 0.29) is 22.3 Å². The van der Waals surface area contributed by atoms with E-state index >= 15 is 0 Å². The highest BCUT2D eigenvalue weighted by Gasteiger charge is 2.28. The van der Waals surface area contributed by atoms with Gasteiger partial charge in [0.25, 0.3) is 5.56 Å². The topological polar surface area (TPSA) is 73.7 Å². The fraction of sp³-hybridized carbons (Fsp3) is 0.292. The summed E-state index contributed by atoms with van der Waals surface area (Å²) < 4.78 is 12.4. The summed E-state index contributed by atoms with van der Waals surface area (Å²) in [6.45, 7) is 2.25. The van der Waals surface area contributed by atoms with Crippen LogP contribution in [0.25, 0.3) is 5.69 Å². The second kappa shape index (κ2) is 8.67. The molecule has 0 saturated carbocycles. The van der Waals surface area contributed by atoms with Crippen molar-refractivity contribution < 1.29 is 14.3 Å². The van der Waals surface area contributed by atoms with Crippen LogP contribution in [-0.2, 0) is 0 Å². The highest BCUT2D eigenvalue weighted by atomic mass is 35.5. The van der Waals surface area contributed by atoms with Crippen LogP contribution in [0.1, 0.15) is 23.2 Å². The van der Waals surface area contributed by atoms with E-state index in [9.17, 15) is 9.59 Å². The summed E-state index contributed by atoms with van der Waals surface area (Å²) in [6, 6.07) is 14.5. The van der Waals surface area contributed by atoms with Gasteiger partial charge in [-0.05, 0) is 43.2 Å². The number of aromatic nitrogens is 2. The SMILES string of the molecule is O=C(c1ccc2c(c1)OCCO2)C1CCN(c2cnn(-c3ccccc3)c(=O)c2Cl)CC1. The van der Waals surface area contributed by atoms with Crippen LogP contribution in [-0.4, -0.2) is 41.9 Å². The molecular weight excluding hydrogens is 430 g/mol. The van der Waals surface area contributed by atoms with E-state index in [0.717, 1.165) is 0 Å². The van der Waals surface area contributed by atoms with Crippen molar-refractivity contribution in [3.63, 3.8) is 0 Å². The molecule has 3 aromatic rings. The number of ketones is 1. The highest BCUT2D eigenvalue weighted by Crippen LogP contribution is 2.33. The average Bonchev–Trinajstić information content (AvgIpc) is 2.85. The molecule has 0 bridgehead atoms. The van der Waals surface area contributed by atoms with E-state index in [1.165, 1.54) is 4.68 Å². The summed E-state index contributed by atoms with van der Waals surface area (Å²) in [4.78, 5) is 27.8. The number of hydrogen-bond acceptors (Lipinski definition) is 6. The van der Waals surface area contributed by atoms with E-state index < -0.39 is 0 Å². The molecule has 1 fully saturated rings. The third-order valence-electron chi connectivity index (χ3n) is 5.93. The molecule has 1 aromatic heterocycles. The third-order valence-corrected chi connectivity index (χ3v) is 6.29. The van der Waals surface area contributed by atoms with Gasteiger partial charge in [0.15, 0.2) is 17.3 Å². The number of para-hydroxylation sites is 1. The molecule has 5 rings (SSSR count). The number of anilines is 1. The van der Waals surface area contributed by atoms with Crippen molar-refractivity contribution in [1.29, 1.82) is 0 Å². The lowest BCUT2D eigenvalue weighted by molar-refractivity contribution is 0.0899. The molecule has 0 atom stereocenters. The summed E-state index contributed by atoms with van der Waals surface area (Å²) >= 11 is 6.44. The van der Waals surface area contributed by atoms with Gasteiger partial charge in [0, 0.05) is 24.6 Å². The molecular formula is C24H22ClN3O4. The maximum atomic E-state index is 13.0. The van der Waals surface area contributed by atoms with Gasteiger partial charge in [-0.25, -0.2) is 0 Å². The molecule has 2 aromatic carbocycles. The van der Waals surface area contributed by atoms with Crippen molar-refractivity contribution in [3.8, 4) is 17.2 Å². The van der Waals surface area contributed by atoms with Crippen molar-refractivity contribution >= 4 is 23.1 Å². The van der Waals surface area contributed by atoms with Gasteiger partial charge in [-0.15, -0.1) is 0 Å². The van der Waals surface area contributed by atoms with Gasteiger partial charge < -0.3 is 14.4 Å². The first-order valence-corrected chi connectivity index (χ1v) is 11.0. The minimum Gasteiger partial charge on any atom is -0.486 e. The Hall–Kier alpha value is -3.32. The predicted octanol–water partition coefficient (Wildman–Crippen LogP) is 3.76. The second-order valence-corrected chi connectivity index (χ2v) is 8.26. The number of benzene rings is 2. The van der Waals surface area contributed by atoms with Crippen LogP contribution in [0.15, 0.2) is 59.5 Å². The first-order chi connectivity index (χ1) is 15.6. The molecule has 0 aliphatic carbocycles. The Bertz CT molecular complexity index is 1200. The average molecular weight is 452 g/mol. The van der Waals surface area contributed by atoms with Crippen molar-refractivity contribution in [1.82, 2.24) is 9.78 Å². The first-order valence-electron chi connectivity index (χ1n) is 10.6. The van der Waals surface area contributed by atoms with Gasteiger partial charge in [0.1, 0.15) is 18.2 Å². The maximum absolute atomic E-state index is 13.0. The van der Waals surface area contributed by atoms with Crippen LogP contribution in [0.5, 0.6) is 11.5 Å². The number of fused-ring (bicyclic) bond motifs is 1. The van der Waals surface area contributed by atoms with Crippen LogP contribution in [0, 0.1) is 5.92 Å². The number of nitrogens with zero attached hydrogens (tertiary/aromatic N) is 3. The van der Waals surface area contributed by atoms with Crippen molar-refractivity contribution in [2.75, 3.05) is 31.2 Å². The molecule has 0 unspecified atom stereocenters. The largest absolute Gasteiger partial charge is 0.486 e. The lowest BCUT2D eigenvalue weighted by Crippen LogP contribution is -2.38. The van der Waals surface area contributed by atoms with Crippen molar-refractivity contribution in [2.24, 2.45) is 5.92 Å². The molecule has 0 radical (unpaired) electrons. The zero-order chi connectivity index (χ0) is 22.1.